The fraction of sp³-hybridized carbons (Fsp3) is 0.118. The Morgan fingerprint density at radius 1 is 1.30 bits per heavy atom. The normalized spacial score (nSPS) is 10.4. The van der Waals surface area contributed by atoms with E-state index in [0.29, 0.717) is 11.6 Å². The molecule has 1 heterocycles. The molecule has 1 aromatic heterocycles. The van der Waals surface area contributed by atoms with Crippen molar-refractivity contribution in [1.29, 1.82) is 0 Å². The summed E-state index contributed by atoms with van der Waals surface area (Å²) in [6.07, 6.45) is 2.83. The summed E-state index contributed by atoms with van der Waals surface area (Å²) in [5.74, 6) is -7.60. The molecule has 0 bridgehead atoms. The first-order valence-corrected chi connectivity index (χ1v) is 7.42. The van der Waals surface area contributed by atoms with E-state index in [-0.39, 0.29) is 5.82 Å². The highest BCUT2D eigenvalue weighted by Crippen LogP contribution is 2.29. The first kappa shape index (κ1) is 19.9. The molecule has 0 radical (unpaired) electrons. The number of nitrogens with zero attached hydrogens (tertiary/aromatic N) is 1. The van der Waals surface area contributed by atoms with Gasteiger partial charge >= 0.3 is 5.97 Å². The molecule has 7 nitrogen and oxygen atoms in total. The summed E-state index contributed by atoms with van der Waals surface area (Å²) in [5.41, 5.74) is 1.54. The molecule has 0 atom stereocenters. The SMILES string of the molecule is C=Cc1cc(C)cnc1Nc1c(C(=O)NOCC(=O)O)cc(F)c(F)c1F. The largest absolute Gasteiger partial charge is 0.479 e. The molecule has 142 valence electrons. The summed E-state index contributed by atoms with van der Waals surface area (Å²) in [6, 6.07) is 2.10. The molecule has 2 rings (SSSR count). The number of aromatic nitrogens is 1. The van der Waals surface area contributed by atoms with Gasteiger partial charge in [-0.25, -0.2) is 28.4 Å². The monoisotopic (exact) mass is 381 g/mol. The van der Waals surface area contributed by atoms with Crippen LogP contribution < -0.4 is 10.8 Å². The standard InChI is InChI=1S/C17H14F3N3O4/c1-3-9-4-8(2)6-21-16(9)22-15-10(5-11(18)13(19)14(15)20)17(26)23-27-7-12(24)25/h3-6H,1,7H2,2H3,(H,21,22)(H,23,26)(H,24,25). The molecule has 0 aliphatic carbocycles. The van der Waals surface area contributed by atoms with Crippen LogP contribution in [0.25, 0.3) is 6.08 Å². The predicted molar refractivity (Wildman–Crippen MR) is 89.7 cm³/mol. The molecule has 0 saturated heterocycles. The van der Waals surface area contributed by atoms with E-state index in [0.717, 1.165) is 5.56 Å². The number of hydrogen-bond acceptors (Lipinski definition) is 5. The zero-order valence-electron chi connectivity index (χ0n) is 14.0. The van der Waals surface area contributed by atoms with E-state index in [1.54, 1.807) is 18.5 Å². The van der Waals surface area contributed by atoms with E-state index < -0.39 is 47.2 Å². The highest BCUT2D eigenvalue weighted by atomic mass is 19.2. The van der Waals surface area contributed by atoms with Crippen LogP contribution in [-0.2, 0) is 9.63 Å². The molecule has 1 aromatic carbocycles. The predicted octanol–water partition coefficient (Wildman–Crippen LogP) is 2.94. The van der Waals surface area contributed by atoms with Crippen molar-refractivity contribution in [2.45, 2.75) is 6.92 Å². The summed E-state index contributed by atoms with van der Waals surface area (Å²) in [5, 5.41) is 10.9. The Labute approximate surface area is 151 Å². The van der Waals surface area contributed by atoms with E-state index in [2.05, 4.69) is 21.7 Å². The van der Waals surface area contributed by atoms with Crippen LogP contribution in [0.3, 0.4) is 0 Å². The minimum atomic E-state index is -1.80. The number of amides is 1. The first-order chi connectivity index (χ1) is 12.7. The number of nitrogens with one attached hydrogen (secondary N) is 2. The van der Waals surface area contributed by atoms with Crippen LogP contribution in [0.4, 0.5) is 24.7 Å². The smallest absolute Gasteiger partial charge is 0.332 e. The average molecular weight is 381 g/mol. The Kier molecular flexibility index (Phi) is 6.14. The van der Waals surface area contributed by atoms with Gasteiger partial charge in [-0.2, -0.15) is 0 Å². The van der Waals surface area contributed by atoms with Gasteiger partial charge in [0.15, 0.2) is 24.1 Å². The van der Waals surface area contributed by atoms with Crippen LogP contribution in [0.5, 0.6) is 0 Å². The van der Waals surface area contributed by atoms with Gasteiger partial charge in [0.25, 0.3) is 5.91 Å². The number of hydrogen-bond donors (Lipinski definition) is 3. The number of carbonyl (C=O) groups excluding carboxylic acids is 1. The molecule has 3 N–H and O–H groups in total. The maximum absolute atomic E-state index is 14.3. The van der Waals surface area contributed by atoms with Crippen molar-refractivity contribution in [2.24, 2.45) is 0 Å². The summed E-state index contributed by atoms with van der Waals surface area (Å²) in [4.78, 5) is 30.9. The number of halogens is 3. The molecule has 1 amide bonds. The molecular weight excluding hydrogens is 367 g/mol. The number of pyridine rings is 1. The van der Waals surface area contributed by atoms with Crippen LogP contribution in [0.2, 0.25) is 0 Å². The van der Waals surface area contributed by atoms with Crippen molar-refractivity contribution >= 4 is 29.5 Å². The molecule has 27 heavy (non-hydrogen) atoms. The number of aliphatic carboxylic acids is 1. The highest BCUT2D eigenvalue weighted by molar-refractivity contribution is 6.00. The van der Waals surface area contributed by atoms with Crippen molar-refractivity contribution in [3.05, 3.63) is 59.1 Å². The van der Waals surface area contributed by atoms with E-state index in [4.69, 9.17) is 5.11 Å². The first-order valence-electron chi connectivity index (χ1n) is 7.42. The second kappa shape index (κ2) is 8.32. The quantitative estimate of drug-likeness (QED) is 0.504. The molecule has 0 saturated carbocycles. The van der Waals surface area contributed by atoms with Crippen LogP contribution >= 0.6 is 0 Å². The second-order valence-corrected chi connectivity index (χ2v) is 5.30. The summed E-state index contributed by atoms with van der Waals surface area (Å²) in [7, 11) is 0. The third-order valence-electron chi connectivity index (χ3n) is 3.28. The number of anilines is 2. The molecular formula is C17H14F3N3O4. The number of carbonyl (C=O) groups is 2. The van der Waals surface area contributed by atoms with Gasteiger partial charge in [0.2, 0.25) is 0 Å². The molecule has 2 aromatic rings. The Balaban J connectivity index is 2.45. The van der Waals surface area contributed by atoms with E-state index >= 15 is 0 Å². The topological polar surface area (TPSA) is 101 Å². The molecule has 0 fully saturated rings. The van der Waals surface area contributed by atoms with Gasteiger partial charge in [0.1, 0.15) is 5.82 Å². The van der Waals surface area contributed by atoms with Gasteiger partial charge in [-0.1, -0.05) is 12.7 Å². The molecule has 0 aliphatic rings. The van der Waals surface area contributed by atoms with Crippen LogP contribution in [0.1, 0.15) is 21.5 Å². The Morgan fingerprint density at radius 2 is 2.00 bits per heavy atom. The third-order valence-corrected chi connectivity index (χ3v) is 3.28. The third kappa shape index (κ3) is 4.61. The maximum atomic E-state index is 14.3. The number of hydroxylamine groups is 1. The van der Waals surface area contributed by atoms with Gasteiger partial charge in [0.05, 0.1) is 11.3 Å². The highest BCUT2D eigenvalue weighted by Gasteiger charge is 2.24. The minimum absolute atomic E-state index is 0.0426. The van der Waals surface area contributed by atoms with Crippen LogP contribution in [-0.4, -0.2) is 28.6 Å². The number of benzene rings is 1. The van der Waals surface area contributed by atoms with Gasteiger partial charge in [-0.15, -0.1) is 0 Å². The Morgan fingerprint density at radius 3 is 2.63 bits per heavy atom. The van der Waals surface area contributed by atoms with Crippen molar-refractivity contribution in [3.8, 4) is 0 Å². The van der Waals surface area contributed by atoms with Crippen LogP contribution in [0.15, 0.2) is 24.9 Å². The number of carboxylic acids is 1. The van der Waals surface area contributed by atoms with E-state index in [1.807, 2.05) is 0 Å². The second-order valence-electron chi connectivity index (χ2n) is 5.30. The summed E-state index contributed by atoms with van der Waals surface area (Å²) in [6.45, 7) is 4.44. The van der Waals surface area contributed by atoms with Crippen molar-refractivity contribution in [1.82, 2.24) is 10.5 Å². The van der Waals surface area contributed by atoms with Gasteiger partial charge < -0.3 is 10.4 Å². The van der Waals surface area contributed by atoms with Crippen LogP contribution in [0, 0.1) is 24.4 Å². The minimum Gasteiger partial charge on any atom is -0.479 e. The van der Waals surface area contributed by atoms with Gasteiger partial charge in [-0.3, -0.25) is 9.63 Å². The fourth-order valence-corrected chi connectivity index (χ4v) is 2.08. The Hall–Kier alpha value is -3.40. The molecule has 0 unspecified atom stereocenters. The van der Waals surface area contributed by atoms with Gasteiger partial charge in [0, 0.05) is 11.8 Å². The number of aryl methyl sites for hydroxylation is 1. The lowest BCUT2D eigenvalue weighted by Crippen LogP contribution is -2.28. The summed E-state index contributed by atoms with van der Waals surface area (Å²) < 4.78 is 41.5. The Bertz CT molecular complexity index is 919. The maximum Gasteiger partial charge on any atom is 0.332 e. The van der Waals surface area contributed by atoms with E-state index in [1.165, 1.54) is 12.3 Å². The number of carboxylic acid groups (broad SMARTS) is 1. The molecule has 0 aliphatic heterocycles. The molecule has 10 heteroatoms. The lowest BCUT2D eigenvalue weighted by Gasteiger charge is -2.15. The lowest BCUT2D eigenvalue weighted by atomic mass is 10.1. The van der Waals surface area contributed by atoms with Crippen molar-refractivity contribution < 1.29 is 32.7 Å². The fourth-order valence-electron chi connectivity index (χ4n) is 2.08. The van der Waals surface area contributed by atoms with E-state index in [9.17, 15) is 22.8 Å². The average Bonchev–Trinajstić information content (AvgIpc) is 2.62. The van der Waals surface area contributed by atoms with Crippen molar-refractivity contribution in [2.75, 3.05) is 11.9 Å². The van der Waals surface area contributed by atoms with Gasteiger partial charge in [-0.05, 0) is 24.6 Å². The van der Waals surface area contributed by atoms with Crippen molar-refractivity contribution in [3.63, 3.8) is 0 Å². The lowest BCUT2D eigenvalue weighted by molar-refractivity contribution is -0.144. The summed E-state index contributed by atoms with van der Waals surface area (Å²) >= 11 is 0. The molecule has 0 spiro atoms. The zero-order chi connectivity index (χ0) is 20.1. The number of rotatable bonds is 7. The zero-order valence-corrected chi connectivity index (χ0v) is 14.0.